The molecule has 20 heavy (non-hydrogen) atoms. The number of likely N-dealkylation sites (N-methyl/N-ethyl adjacent to an activating group) is 2. The van der Waals surface area contributed by atoms with Crippen molar-refractivity contribution in [1.29, 1.82) is 0 Å². The van der Waals surface area contributed by atoms with Gasteiger partial charge in [0.2, 0.25) is 0 Å². The first-order valence-electron chi connectivity index (χ1n) is 8.56. The van der Waals surface area contributed by atoms with Crippen LogP contribution in [-0.4, -0.2) is 63.2 Å². The average molecular weight is 284 g/mol. The van der Waals surface area contributed by atoms with Crippen molar-refractivity contribution in [2.45, 2.75) is 58.4 Å². The molecule has 1 aliphatic carbocycles. The van der Waals surface area contributed by atoms with Gasteiger partial charge < -0.3 is 10.2 Å². The van der Waals surface area contributed by atoms with E-state index in [-0.39, 0.29) is 0 Å². The first kappa shape index (κ1) is 17.9. The summed E-state index contributed by atoms with van der Waals surface area (Å²) in [5.41, 5.74) is 0.502. The quantitative estimate of drug-likeness (QED) is 0.691. The third kappa shape index (κ3) is 5.71. The molecule has 0 aromatic carbocycles. The highest BCUT2D eigenvalue weighted by atomic mass is 15.2. The zero-order chi connectivity index (χ0) is 15.0. The summed E-state index contributed by atoms with van der Waals surface area (Å²) in [7, 11) is 6.48. The first-order chi connectivity index (χ1) is 9.53. The van der Waals surface area contributed by atoms with Crippen molar-refractivity contribution in [2.75, 3.05) is 47.3 Å². The van der Waals surface area contributed by atoms with Crippen LogP contribution in [0.25, 0.3) is 0 Å². The molecule has 0 amide bonds. The first-order valence-corrected chi connectivity index (χ1v) is 8.56. The molecule has 3 nitrogen and oxygen atoms in total. The molecule has 0 aliphatic heterocycles. The molecule has 0 saturated heterocycles. The average Bonchev–Trinajstić information content (AvgIpc) is 2.61. The summed E-state index contributed by atoms with van der Waals surface area (Å²) in [6.07, 6.45) is 8.51. The molecule has 3 heteroatoms. The van der Waals surface area contributed by atoms with Gasteiger partial charge in [-0.2, -0.15) is 0 Å². The van der Waals surface area contributed by atoms with Gasteiger partial charge in [-0.1, -0.05) is 32.6 Å². The van der Waals surface area contributed by atoms with E-state index >= 15 is 0 Å². The van der Waals surface area contributed by atoms with Crippen LogP contribution in [0.3, 0.4) is 0 Å². The van der Waals surface area contributed by atoms with Crippen LogP contribution >= 0.6 is 0 Å². The number of rotatable bonds is 8. The van der Waals surface area contributed by atoms with Crippen LogP contribution in [-0.2, 0) is 0 Å². The van der Waals surface area contributed by atoms with Crippen molar-refractivity contribution < 1.29 is 0 Å². The lowest BCUT2D eigenvalue weighted by Crippen LogP contribution is -2.48. The molecule has 0 aromatic rings. The second-order valence-corrected chi connectivity index (χ2v) is 7.12. The van der Waals surface area contributed by atoms with Gasteiger partial charge in [0.15, 0.2) is 0 Å². The van der Waals surface area contributed by atoms with Crippen LogP contribution in [0.4, 0.5) is 0 Å². The fourth-order valence-electron chi connectivity index (χ4n) is 3.90. The van der Waals surface area contributed by atoms with Crippen LogP contribution in [0.1, 0.15) is 52.4 Å². The maximum absolute atomic E-state index is 3.48. The molecule has 1 N–H and O–H groups in total. The summed E-state index contributed by atoms with van der Waals surface area (Å²) in [6, 6.07) is 0.645. The van der Waals surface area contributed by atoms with Crippen LogP contribution in [0.2, 0.25) is 0 Å². The van der Waals surface area contributed by atoms with E-state index in [9.17, 15) is 0 Å². The van der Waals surface area contributed by atoms with E-state index in [4.69, 9.17) is 0 Å². The lowest BCUT2D eigenvalue weighted by molar-refractivity contribution is 0.0923. The highest BCUT2D eigenvalue weighted by molar-refractivity contribution is 4.88. The Labute approximate surface area is 127 Å². The molecule has 120 valence electrons. The van der Waals surface area contributed by atoms with Crippen molar-refractivity contribution >= 4 is 0 Å². The number of hydrogen-bond acceptors (Lipinski definition) is 3. The zero-order valence-corrected chi connectivity index (χ0v) is 14.5. The van der Waals surface area contributed by atoms with Gasteiger partial charge in [-0.15, -0.1) is 0 Å². The maximum atomic E-state index is 3.48. The third-order valence-corrected chi connectivity index (χ3v) is 4.91. The highest BCUT2D eigenvalue weighted by Gasteiger charge is 2.33. The minimum atomic E-state index is 0.502. The zero-order valence-electron chi connectivity index (χ0n) is 14.5. The van der Waals surface area contributed by atoms with E-state index in [1.54, 1.807) is 0 Å². The van der Waals surface area contributed by atoms with Gasteiger partial charge >= 0.3 is 0 Å². The smallest absolute Gasteiger partial charge is 0.0194 e. The van der Waals surface area contributed by atoms with E-state index in [0.717, 1.165) is 6.54 Å². The Kier molecular flexibility index (Phi) is 8.08. The van der Waals surface area contributed by atoms with Gasteiger partial charge in [-0.3, -0.25) is 4.90 Å². The van der Waals surface area contributed by atoms with Crippen molar-refractivity contribution in [1.82, 2.24) is 15.1 Å². The summed E-state index contributed by atoms with van der Waals surface area (Å²) in [5.74, 6) is 0. The Morgan fingerprint density at radius 3 is 2.15 bits per heavy atom. The second-order valence-electron chi connectivity index (χ2n) is 7.12. The Hall–Kier alpha value is -0.120. The lowest BCUT2D eigenvalue weighted by atomic mass is 9.79. The van der Waals surface area contributed by atoms with Gasteiger partial charge in [0, 0.05) is 25.7 Å². The minimum absolute atomic E-state index is 0.502. The van der Waals surface area contributed by atoms with Crippen molar-refractivity contribution in [3.63, 3.8) is 0 Å². The van der Waals surface area contributed by atoms with Gasteiger partial charge in [0.25, 0.3) is 0 Å². The normalized spacial score (nSPS) is 21.1. The number of nitrogens with zero attached hydrogens (tertiary/aromatic N) is 2. The molecule has 1 rings (SSSR count). The van der Waals surface area contributed by atoms with Gasteiger partial charge in [0.1, 0.15) is 0 Å². The molecule has 1 aliphatic rings. The van der Waals surface area contributed by atoms with Gasteiger partial charge in [-0.25, -0.2) is 0 Å². The molecule has 0 spiro atoms. The molecule has 1 fully saturated rings. The summed E-state index contributed by atoms with van der Waals surface area (Å²) < 4.78 is 0. The van der Waals surface area contributed by atoms with E-state index < -0.39 is 0 Å². The van der Waals surface area contributed by atoms with E-state index in [1.807, 2.05) is 0 Å². The number of nitrogens with one attached hydrogen (secondary N) is 1. The summed E-state index contributed by atoms with van der Waals surface area (Å²) in [5, 5.41) is 3.48. The van der Waals surface area contributed by atoms with E-state index in [0.29, 0.717) is 11.5 Å². The predicted molar refractivity (Wildman–Crippen MR) is 89.3 cm³/mol. The SMILES string of the molecule is CCN(CC1(CNC)CCCCCC1)C(C)CN(C)C. The van der Waals surface area contributed by atoms with Gasteiger partial charge in [0.05, 0.1) is 0 Å². The molecule has 0 aromatic heterocycles. The molecule has 1 atom stereocenters. The van der Waals surface area contributed by atoms with Crippen LogP contribution in [0.15, 0.2) is 0 Å². The van der Waals surface area contributed by atoms with E-state index in [1.165, 1.54) is 58.2 Å². The standard InChI is InChI=1S/C17H37N3/c1-6-20(16(2)13-19(4)5)15-17(14-18-3)11-9-7-8-10-12-17/h16,18H,6-15H2,1-5H3. The maximum Gasteiger partial charge on any atom is 0.0194 e. The Morgan fingerprint density at radius 2 is 1.70 bits per heavy atom. The summed E-state index contributed by atoms with van der Waals surface area (Å²) in [4.78, 5) is 5.01. The van der Waals surface area contributed by atoms with Crippen LogP contribution in [0.5, 0.6) is 0 Å². The lowest BCUT2D eigenvalue weighted by Gasteiger charge is -2.41. The topological polar surface area (TPSA) is 18.5 Å². The largest absolute Gasteiger partial charge is 0.319 e. The Balaban J connectivity index is 2.69. The fraction of sp³-hybridized carbons (Fsp3) is 1.00. The number of hydrogen-bond donors (Lipinski definition) is 1. The van der Waals surface area contributed by atoms with Crippen LogP contribution < -0.4 is 5.32 Å². The highest BCUT2D eigenvalue weighted by Crippen LogP contribution is 2.35. The molecule has 0 heterocycles. The van der Waals surface area contributed by atoms with Crippen molar-refractivity contribution in [3.8, 4) is 0 Å². The molecular formula is C17H37N3. The Bertz CT molecular complexity index is 245. The van der Waals surface area contributed by atoms with Crippen LogP contribution in [0, 0.1) is 5.41 Å². The molecule has 1 unspecified atom stereocenters. The summed E-state index contributed by atoms with van der Waals surface area (Å²) >= 11 is 0. The molecular weight excluding hydrogens is 246 g/mol. The molecule has 0 bridgehead atoms. The van der Waals surface area contributed by atoms with Gasteiger partial charge in [-0.05, 0) is 52.9 Å². The Morgan fingerprint density at radius 1 is 1.10 bits per heavy atom. The monoisotopic (exact) mass is 283 g/mol. The van der Waals surface area contributed by atoms with Crippen molar-refractivity contribution in [3.05, 3.63) is 0 Å². The minimum Gasteiger partial charge on any atom is -0.319 e. The third-order valence-electron chi connectivity index (χ3n) is 4.91. The second kappa shape index (κ2) is 9.01. The molecule has 0 radical (unpaired) electrons. The molecule has 1 saturated carbocycles. The summed E-state index contributed by atoms with van der Waals surface area (Å²) in [6.45, 7) is 9.46. The van der Waals surface area contributed by atoms with Crippen molar-refractivity contribution in [2.24, 2.45) is 5.41 Å². The predicted octanol–water partition coefficient (Wildman–Crippen LogP) is 2.82. The fourth-order valence-corrected chi connectivity index (χ4v) is 3.90. The van der Waals surface area contributed by atoms with E-state index in [2.05, 4.69) is 50.1 Å².